The number of anilines is 3. The van der Waals surface area contributed by atoms with Crippen LogP contribution in [0.3, 0.4) is 0 Å². The highest BCUT2D eigenvalue weighted by Crippen LogP contribution is 2.43. The summed E-state index contributed by atoms with van der Waals surface area (Å²) in [6, 6.07) is 81.0. The number of para-hydroxylation sites is 3. The van der Waals surface area contributed by atoms with Crippen LogP contribution in [0.5, 0.6) is 0 Å². The number of aromatic nitrogens is 2. The number of benzene rings is 9. The van der Waals surface area contributed by atoms with Gasteiger partial charge in [-0.1, -0.05) is 152 Å². The molecule has 11 rings (SSSR count). The number of hydrogen-bond acceptors (Lipinski definition) is 1. The fraction of sp³-hybridized carbons (Fsp3) is 0. The maximum Gasteiger partial charge on any atom is 0.131 e. The Balaban J connectivity index is 1.07. The monoisotopic (exact) mass is 727 g/mol. The van der Waals surface area contributed by atoms with Gasteiger partial charge in [0.15, 0.2) is 0 Å². The predicted molar refractivity (Wildman–Crippen MR) is 241 cm³/mol. The zero-order valence-corrected chi connectivity index (χ0v) is 31.2. The first-order valence-corrected chi connectivity index (χ1v) is 19.5. The SMILES string of the molecule is c1ccc(-c2ccc(N(c3ccc(-c4ccc5c(c4)c4c6ccccc6n(-c6ccccc6)c4n5-c4ccccc4)cc3)c3cccc4ccccc34)cc2)cc1. The van der Waals surface area contributed by atoms with Crippen molar-refractivity contribution in [2.24, 2.45) is 0 Å². The van der Waals surface area contributed by atoms with Gasteiger partial charge in [0.1, 0.15) is 5.65 Å². The third-order valence-corrected chi connectivity index (χ3v) is 11.3. The molecule has 11 aromatic rings. The molecule has 3 heteroatoms. The van der Waals surface area contributed by atoms with Gasteiger partial charge < -0.3 is 4.90 Å². The lowest BCUT2D eigenvalue weighted by atomic mass is 10.0. The molecule has 0 saturated heterocycles. The van der Waals surface area contributed by atoms with Gasteiger partial charge in [0.2, 0.25) is 0 Å². The van der Waals surface area contributed by atoms with Crippen LogP contribution in [0, 0.1) is 0 Å². The molecule has 0 amide bonds. The highest BCUT2D eigenvalue weighted by Gasteiger charge is 2.23. The molecule has 0 bridgehead atoms. The molecule has 2 aromatic heterocycles. The van der Waals surface area contributed by atoms with Gasteiger partial charge in [-0.15, -0.1) is 0 Å². The molecule has 9 aromatic carbocycles. The van der Waals surface area contributed by atoms with E-state index in [1.54, 1.807) is 0 Å². The topological polar surface area (TPSA) is 13.1 Å². The molecule has 0 radical (unpaired) electrons. The molecule has 0 aliphatic carbocycles. The van der Waals surface area contributed by atoms with Gasteiger partial charge >= 0.3 is 0 Å². The Morgan fingerprint density at radius 2 is 0.789 bits per heavy atom. The molecule has 0 atom stereocenters. The van der Waals surface area contributed by atoms with Crippen molar-refractivity contribution in [3.05, 3.63) is 224 Å². The second kappa shape index (κ2) is 13.6. The Morgan fingerprint density at radius 1 is 0.316 bits per heavy atom. The number of rotatable bonds is 7. The van der Waals surface area contributed by atoms with Crippen LogP contribution < -0.4 is 4.90 Å². The number of nitrogens with zero attached hydrogens (tertiary/aromatic N) is 3. The van der Waals surface area contributed by atoms with Crippen LogP contribution in [0.25, 0.3) is 77.2 Å². The molecule has 0 N–H and O–H groups in total. The lowest BCUT2D eigenvalue weighted by Gasteiger charge is -2.27. The molecule has 0 unspecified atom stereocenters. The molecule has 0 spiro atoms. The Labute approximate surface area is 331 Å². The molecular weight excluding hydrogens is 691 g/mol. The van der Waals surface area contributed by atoms with Gasteiger partial charge in [-0.3, -0.25) is 9.13 Å². The van der Waals surface area contributed by atoms with Crippen LogP contribution in [0.15, 0.2) is 224 Å². The van der Waals surface area contributed by atoms with Crippen LogP contribution >= 0.6 is 0 Å². The molecular formula is C54H37N3. The Bertz CT molecular complexity index is 3190. The van der Waals surface area contributed by atoms with Crippen LogP contribution in [0.1, 0.15) is 0 Å². The highest BCUT2D eigenvalue weighted by atomic mass is 15.1. The van der Waals surface area contributed by atoms with Crippen molar-refractivity contribution in [2.45, 2.75) is 0 Å². The standard InChI is InChI=1S/C54H37N3/c1-4-15-38(16-5-1)39-27-32-45(33-28-39)55(50-26-14-18-41-17-10-11-23-47(41)50)46-34-29-40(30-35-46)42-31-36-52-49(37-42)53-48-24-12-13-25-51(48)56(43-19-6-2-7-20-43)54(53)57(52)44-21-8-3-9-22-44/h1-37H. The van der Waals surface area contributed by atoms with Gasteiger partial charge in [-0.05, 0) is 100 Å². The maximum absolute atomic E-state index is 2.43. The Hall–Kier alpha value is -7.62. The fourth-order valence-electron chi connectivity index (χ4n) is 8.67. The van der Waals surface area contributed by atoms with Gasteiger partial charge in [0.25, 0.3) is 0 Å². The van der Waals surface area contributed by atoms with E-state index in [0.717, 1.165) is 28.4 Å². The minimum atomic E-state index is 1.10. The van der Waals surface area contributed by atoms with Crippen LogP contribution in [0.2, 0.25) is 0 Å². The molecule has 0 aliphatic heterocycles. The zero-order valence-electron chi connectivity index (χ0n) is 31.2. The van der Waals surface area contributed by atoms with Gasteiger partial charge in [0, 0.05) is 44.3 Å². The van der Waals surface area contributed by atoms with E-state index in [-0.39, 0.29) is 0 Å². The van der Waals surface area contributed by atoms with Crippen molar-refractivity contribution in [3.63, 3.8) is 0 Å². The molecule has 0 aliphatic rings. The summed E-state index contributed by atoms with van der Waals surface area (Å²) in [4.78, 5) is 2.38. The summed E-state index contributed by atoms with van der Waals surface area (Å²) in [7, 11) is 0. The lowest BCUT2D eigenvalue weighted by Crippen LogP contribution is -2.10. The number of fused-ring (bicyclic) bond motifs is 6. The van der Waals surface area contributed by atoms with E-state index in [4.69, 9.17) is 0 Å². The van der Waals surface area contributed by atoms with E-state index in [1.165, 1.54) is 65.9 Å². The van der Waals surface area contributed by atoms with E-state index in [1.807, 2.05) is 0 Å². The summed E-state index contributed by atoms with van der Waals surface area (Å²) < 4.78 is 4.84. The van der Waals surface area contributed by atoms with Crippen LogP contribution in [0.4, 0.5) is 17.1 Å². The second-order valence-electron chi connectivity index (χ2n) is 14.6. The fourth-order valence-corrected chi connectivity index (χ4v) is 8.67. The summed E-state index contributed by atoms with van der Waals surface area (Å²) in [6.45, 7) is 0. The zero-order chi connectivity index (χ0) is 37.7. The van der Waals surface area contributed by atoms with Gasteiger partial charge in [-0.2, -0.15) is 0 Å². The van der Waals surface area contributed by atoms with E-state index in [0.29, 0.717) is 0 Å². The second-order valence-corrected chi connectivity index (χ2v) is 14.6. The van der Waals surface area contributed by atoms with Crippen LogP contribution in [-0.4, -0.2) is 9.13 Å². The first-order chi connectivity index (χ1) is 28.3. The van der Waals surface area contributed by atoms with Crippen molar-refractivity contribution in [3.8, 4) is 33.6 Å². The van der Waals surface area contributed by atoms with E-state index < -0.39 is 0 Å². The average Bonchev–Trinajstić information content (AvgIpc) is 3.80. The molecule has 3 nitrogen and oxygen atoms in total. The van der Waals surface area contributed by atoms with Crippen molar-refractivity contribution >= 4 is 60.7 Å². The van der Waals surface area contributed by atoms with Crippen molar-refractivity contribution in [2.75, 3.05) is 4.90 Å². The molecule has 268 valence electrons. The maximum atomic E-state index is 2.43. The third-order valence-electron chi connectivity index (χ3n) is 11.3. The van der Waals surface area contributed by atoms with Crippen molar-refractivity contribution in [1.29, 1.82) is 0 Å². The molecule has 0 saturated carbocycles. The lowest BCUT2D eigenvalue weighted by molar-refractivity contribution is 1.07. The Kier molecular flexibility index (Phi) is 7.82. The molecule has 57 heavy (non-hydrogen) atoms. The number of hydrogen-bond donors (Lipinski definition) is 0. The van der Waals surface area contributed by atoms with E-state index >= 15 is 0 Å². The summed E-state index contributed by atoms with van der Waals surface area (Å²) in [5, 5.41) is 6.16. The first-order valence-electron chi connectivity index (χ1n) is 19.5. The summed E-state index contributed by atoms with van der Waals surface area (Å²) in [5.74, 6) is 0. The third kappa shape index (κ3) is 5.51. The normalized spacial score (nSPS) is 11.5. The van der Waals surface area contributed by atoms with Crippen molar-refractivity contribution < 1.29 is 0 Å². The molecule has 0 fully saturated rings. The quantitative estimate of drug-likeness (QED) is 0.159. The van der Waals surface area contributed by atoms with Crippen LogP contribution in [-0.2, 0) is 0 Å². The minimum absolute atomic E-state index is 1.10. The highest BCUT2D eigenvalue weighted by molar-refractivity contribution is 6.23. The summed E-state index contributed by atoms with van der Waals surface area (Å²) in [6.07, 6.45) is 0. The average molecular weight is 728 g/mol. The summed E-state index contributed by atoms with van der Waals surface area (Å²) in [5.41, 5.74) is 14.0. The van der Waals surface area contributed by atoms with Gasteiger partial charge in [0.05, 0.1) is 16.7 Å². The first kappa shape index (κ1) is 32.8. The van der Waals surface area contributed by atoms with Gasteiger partial charge in [-0.25, -0.2) is 0 Å². The van der Waals surface area contributed by atoms with Crippen molar-refractivity contribution in [1.82, 2.24) is 9.13 Å². The minimum Gasteiger partial charge on any atom is -0.310 e. The molecule has 2 heterocycles. The predicted octanol–water partition coefficient (Wildman–Crippen LogP) is 14.7. The summed E-state index contributed by atoms with van der Waals surface area (Å²) >= 11 is 0. The van der Waals surface area contributed by atoms with E-state index in [9.17, 15) is 0 Å². The van der Waals surface area contributed by atoms with E-state index in [2.05, 4.69) is 238 Å². The largest absolute Gasteiger partial charge is 0.310 e. The Morgan fingerprint density at radius 3 is 1.44 bits per heavy atom. The smallest absolute Gasteiger partial charge is 0.131 e.